The first-order valence-corrected chi connectivity index (χ1v) is 10.2. The Morgan fingerprint density at radius 2 is 1.48 bits per heavy atom. The predicted octanol–water partition coefficient (Wildman–Crippen LogP) is 5.09. The highest BCUT2D eigenvalue weighted by Gasteiger charge is 2.22. The van der Waals surface area contributed by atoms with Crippen LogP contribution in [0.15, 0.2) is 42.5 Å². The van der Waals surface area contributed by atoms with Gasteiger partial charge < -0.3 is 14.6 Å². The van der Waals surface area contributed by atoms with Gasteiger partial charge in [0.05, 0.1) is 13.2 Å². The number of aliphatic carboxylic acids is 1. The molecular weight excluding hydrogens is 408 g/mol. The van der Waals surface area contributed by atoms with Gasteiger partial charge in [0.25, 0.3) is 0 Å². The van der Waals surface area contributed by atoms with Gasteiger partial charge in [-0.1, -0.05) is 12.1 Å². The minimum atomic E-state index is -0.967. The maximum absolute atomic E-state index is 13.4. The van der Waals surface area contributed by atoms with Gasteiger partial charge in [-0.25, -0.2) is 18.4 Å². The highest BCUT2D eigenvalue weighted by molar-refractivity contribution is 5.85. The summed E-state index contributed by atoms with van der Waals surface area (Å²) in [5.74, 6) is -1.66. The zero-order valence-electron chi connectivity index (χ0n) is 17.0. The summed E-state index contributed by atoms with van der Waals surface area (Å²) >= 11 is 0. The molecule has 2 aromatic rings. The van der Waals surface area contributed by atoms with E-state index in [1.54, 1.807) is 24.3 Å². The second-order valence-electron chi connectivity index (χ2n) is 7.75. The highest BCUT2D eigenvalue weighted by atomic mass is 19.1. The summed E-state index contributed by atoms with van der Waals surface area (Å²) in [4.78, 5) is 22.5. The van der Waals surface area contributed by atoms with Crippen molar-refractivity contribution < 1.29 is 33.0 Å². The van der Waals surface area contributed by atoms with E-state index in [-0.39, 0.29) is 12.5 Å². The van der Waals surface area contributed by atoms with Crippen LogP contribution in [0.5, 0.6) is 0 Å². The molecule has 0 aromatic heterocycles. The Morgan fingerprint density at radius 1 is 0.903 bits per heavy atom. The zero-order valence-corrected chi connectivity index (χ0v) is 17.0. The van der Waals surface area contributed by atoms with Crippen LogP contribution >= 0.6 is 0 Å². The van der Waals surface area contributed by atoms with Crippen molar-refractivity contribution in [1.82, 2.24) is 0 Å². The molecule has 166 valence electrons. The minimum Gasteiger partial charge on any atom is -0.480 e. The summed E-state index contributed by atoms with van der Waals surface area (Å²) in [7, 11) is 0. The number of halogens is 2. The van der Waals surface area contributed by atoms with Crippen LogP contribution in [-0.4, -0.2) is 37.0 Å². The molecule has 0 atom stereocenters. The number of rotatable bonds is 8. The standard InChI is InChI=1S/C23H25F2NO5/c24-19-9-18(10-20(25)11-19)17-5-7-21(8-6-17)26-23(29)31-13-16-3-1-15(2-4-16)12-30-14-22(27)28/h5-11,15-16H,1-4,12-14H2,(H,26,29)(H,27,28). The van der Waals surface area contributed by atoms with Gasteiger partial charge in [-0.05, 0) is 72.9 Å². The van der Waals surface area contributed by atoms with Crippen molar-refractivity contribution in [3.05, 3.63) is 54.1 Å². The number of ether oxygens (including phenoxy) is 2. The Morgan fingerprint density at radius 3 is 2.06 bits per heavy atom. The van der Waals surface area contributed by atoms with Crippen LogP contribution in [0.25, 0.3) is 11.1 Å². The van der Waals surface area contributed by atoms with Gasteiger partial charge in [0.1, 0.15) is 18.2 Å². The summed E-state index contributed by atoms with van der Waals surface area (Å²) in [6, 6.07) is 9.91. The summed E-state index contributed by atoms with van der Waals surface area (Å²) in [5.41, 5.74) is 1.56. The van der Waals surface area contributed by atoms with Crippen molar-refractivity contribution in [2.45, 2.75) is 25.7 Å². The van der Waals surface area contributed by atoms with Gasteiger partial charge in [0, 0.05) is 11.8 Å². The van der Waals surface area contributed by atoms with Crippen LogP contribution < -0.4 is 5.32 Å². The molecule has 0 bridgehead atoms. The zero-order chi connectivity index (χ0) is 22.2. The van der Waals surface area contributed by atoms with Crippen molar-refractivity contribution in [3.8, 4) is 11.1 Å². The lowest BCUT2D eigenvalue weighted by atomic mass is 9.83. The first kappa shape index (κ1) is 22.7. The molecule has 1 aliphatic carbocycles. The maximum atomic E-state index is 13.4. The van der Waals surface area contributed by atoms with E-state index in [4.69, 9.17) is 14.6 Å². The third-order valence-electron chi connectivity index (χ3n) is 5.32. The Hall–Kier alpha value is -3.00. The molecule has 0 aliphatic heterocycles. The average molecular weight is 433 g/mol. The lowest BCUT2D eigenvalue weighted by molar-refractivity contribution is -0.142. The molecule has 1 saturated carbocycles. The Bertz CT molecular complexity index is 875. The van der Waals surface area contributed by atoms with Crippen LogP contribution in [-0.2, 0) is 14.3 Å². The molecule has 0 heterocycles. The van der Waals surface area contributed by atoms with Crippen molar-refractivity contribution in [2.24, 2.45) is 11.8 Å². The van der Waals surface area contributed by atoms with E-state index in [1.165, 1.54) is 12.1 Å². The van der Waals surface area contributed by atoms with Crippen molar-refractivity contribution in [3.63, 3.8) is 0 Å². The lowest BCUT2D eigenvalue weighted by Crippen LogP contribution is -2.25. The van der Waals surface area contributed by atoms with Crippen LogP contribution in [0.3, 0.4) is 0 Å². The molecule has 3 rings (SSSR count). The topological polar surface area (TPSA) is 84.9 Å². The summed E-state index contributed by atoms with van der Waals surface area (Å²) in [5, 5.41) is 11.2. The Balaban J connectivity index is 1.40. The summed E-state index contributed by atoms with van der Waals surface area (Å²) in [6.45, 7) is 0.483. The number of carboxylic acid groups (broad SMARTS) is 1. The number of carbonyl (C=O) groups is 2. The fourth-order valence-corrected chi connectivity index (χ4v) is 3.69. The van der Waals surface area contributed by atoms with E-state index < -0.39 is 23.7 Å². The molecule has 2 aromatic carbocycles. The normalized spacial score (nSPS) is 18.4. The number of benzene rings is 2. The molecule has 2 N–H and O–H groups in total. The molecule has 1 aliphatic rings. The van der Waals surface area contributed by atoms with Gasteiger partial charge in [-0.15, -0.1) is 0 Å². The first-order valence-electron chi connectivity index (χ1n) is 10.2. The SMILES string of the molecule is O=C(O)COCC1CCC(COC(=O)Nc2ccc(-c3cc(F)cc(F)c3)cc2)CC1. The van der Waals surface area contributed by atoms with Crippen LogP contribution in [0.2, 0.25) is 0 Å². The molecule has 0 unspecified atom stereocenters. The predicted molar refractivity (Wildman–Crippen MR) is 111 cm³/mol. The molecule has 31 heavy (non-hydrogen) atoms. The van der Waals surface area contributed by atoms with Crippen LogP contribution in [0, 0.1) is 23.5 Å². The number of anilines is 1. The number of carboxylic acids is 1. The van der Waals surface area contributed by atoms with Crippen LogP contribution in [0.1, 0.15) is 25.7 Å². The highest BCUT2D eigenvalue weighted by Crippen LogP contribution is 2.29. The van der Waals surface area contributed by atoms with Crippen molar-refractivity contribution in [2.75, 3.05) is 25.1 Å². The molecular formula is C23H25F2NO5. The van der Waals surface area contributed by atoms with E-state index in [0.29, 0.717) is 35.9 Å². The lowest BCUT2D eigenvalue weighted by Gasteiger charge is -2.27. The average Bonchev–Trinajstić information content (AvgIpc) is 2.73. The number of carbonyl (C=O) groups excluding carboxylic acids is 1. The quantitative estimate of drug-likeness (QED) is 0.606. The smallest absolute Gasteiger partial charge is 0.411 e. The van der Waals surface area contributed by atoms with E-state index in [1.807, 2.05) is 0 Å². The molecule has 0 saturated heterocycles. The van der Waals surface area contributed by atoms with Gasteiger partial charge in [-0.3, -0.25) is 5.32 Å². The Labute approximate surface area is 179 Å². The largest absolute Gasteiger partial charge is 0.480 e. The van der Waals surface area contributed by atoms with E-state index in [9.17, 15) is 18.4 Å². The third-order valence-corrected chi connectivity index (χ3v) is 5.32. The fourth-order valence-electron chi connectivity index (χ4n) is 3.69. The minimum absolute atomic E-state index is 0.270. The number of nitrogens with one attached hydrogen (secondary N) is 1. The third kappa shape index (κ3) is 7.32. The monoisotopic (exact) mass is 433 g/mol. The van der Waals surface area contributed by atoms with E-state index >= 15 is 0 Å². The fraction of sp³-hybridized carbons (Fsp3) is 0.391. The summed E-state index contributed by atoms with van der Waals surface area (Å²) in [6.07, 6.45) is 3.06. The number of hydrogen-bond donors (Lipinski definition) is 2. The van der Waals surface area contributed by atoms with Gasteiger partial charge in [-0.2, -0.15) is 0 Å². The number of hydrogen-bond acceptors (Lipinski definition) is 4. The number of amides is 1. The molecule has 6 nitrogen and oxygen atoms in total. The van der Waals surface area contributed by atoms with Crippen molar-refractivity contribution in [1.29, 1.82) is 0 Å². The summed E-state index contributed by atoms with van der Waals surface area (Å²) < 4.78 is 37.2. The second kappa shape index (κ2) is 10.9. The first-order chi connectivity index (χ1) is 14.9. The molecule has 0 spiro atoms. The molecule has 0 radical (unpaired) electrons. The molecule has 1 fully saturated rings. The molecule has 1 amide bonds. The van der Waals surface area contributed by atoms with Gasteiger partial charge in [0.2, 0.25) is 0 Å². The van der Waals surface area contributed by atoms with E-state index in [0.717, 1.165) is 31.7 Å². The van der Waals surface area contributed by atoms with Gasteiger partial charge >= 0.3 is 12.1 Å². The van der Waals surface area contributed by atoms with Gasteiger partial charge in [0.15, 0.2) is 0 Å². The Kier molecular flexibility index (Phi) is 7.94. The second-order valence-corrected chi connectivity index (χ2v) is 7.75. The molecule has 8 heteroatoms. The van der Waals surface area contributed by atoms with E-state index in [2.05, 4.69) is 5.32 Å². The van der Waals surface area contributed by atoms with Crippen LogP contribution in [0.4, 0.5) is 19.3 Å². The van der Waals surface area contributed by atoms with Crippen molar-refractivity contribution >= 4 is 17.7 Å². The maximum Gasteiger partial charge on any atom is 0.411 e.